The number of nitrogens with two attached hydrogens (primary N) is 1. The Hall–Kier alpha value is -4.43. The van der Waals surface area contributed by atoms with E-state index in [4.69, 9.17) is 5.14 Å². The van der Waals surface area contributed by atoms with Crippen molar-refractivity contribution in [1.29, 1.82) is 0 Å². The summed E-state index contributed by atoms with van der Waals surface area (Å²) >= 11 is 1.11. The molecule has 242 valence electrons. The second kappa shape index (κ2) is 13.4. The van der Waals surface area contributed by atoms with Crippen molar-refractivity contribution in [2.75, 3.05) is 13.1 Å². The molecular weight excluding hydrogens is 657 g/mol. The Labute approximate surface area is 277 Å². The minimum absolute atomic E-state index is 0.0192. The highest BCUT2D eigenvalue weighted by atomic mass is 32.2. The smallest absolute Gasteiger partial charge is 0.253 e. The lowest BCUT2D eigenvalue weighted by atomic mass is 10.0. The predicted molar refractivity (Wildman–Crippen MR) is 182 cm³/mol. The molecule has 1 atom stereocenters. The lowest BCUT2D eigenvalue weighted by molar-refractivity contribution is -0.121. The third-order valence-electron chi connectivity index (χ3n) is 8.03. The number of sulfone groups is 1. The molecule has 0 saturated carbocycles. The molecule has 1 fully saturated rings. The van der Waals surface area contributed by atoms with Crippen molar-refractivity contribution in [3.05, 3.63) is 119 Å². The summed E-state index contributed by atoms with van der Waals surface area (Å²) in [7, 11) is -8.22. The van der Waals surface area contributed by atoms with E-state index in [9.17, 15) is 26.4 Å². The van der Waals surface area contributed by atoms with Gasteiger partial charge in [0.1, 0.15) is 5.01 Å². The number of hydrogen-bond acceptors (Lipinski definition) is 8. The highest BCUT2D eigenvalue weighted by molar-refractivity contribution is 7.91. The van der Waals surface area contributed by atoms with Crippen LogP contribution in [0.25, 0.3) is 21.3 Å². The molecule has 3 N–H and O–H groups in total. The second-order valence-corrected chi connectivity index (χ2v) is 16.0. The summed E-state index contributed by atoms with van der Waals surface area (Å²) in [5.41, 5.74) is 3.62. The van der Waals surface area contributed by atoms with Crippen molar-refractivity contribution >= 4 is 53.2 Å². The fraction of sp³-hybridized carbons (Fsp3) is 0.206. The van der Waals surface area contributed by atoms with Gasteiger partial charge in [0.15, 0.2) is 15.1 Å². The number of thiazole rings is 1. The number of hydrogen-bond donors (Lipinski definition) is 2. The summed E-state index contributed by atoms with van der Waals surface area (Å²) in [5.74, 6) is -1.21. The first-order valence-corrected chi connectivity index (χ1v) is 19.0. The fourth-order valence-corrected chi connectivity index (χ4v) is 9.60. The Bertz CT molecular complexity index is 2160. The van der Waals surface area contributed by atoms with E-state index < -0.39 is 36.8 Å². The molecule has 2 amide bonds. The van der Waals surface area contributed by atoms with Gasteiger partial charge in [0, 0.05) is 25.2 Å². The van der Waals surface area contributed by atoms with Gasteiger partial charge in [-0.2, -0.15) is 0 Å². The number of fused-ring (bicyclic) bond motifs is 1. The van der Waals surface area contributed by atoms with Gasteiger partial charge in [-0.15, -0.1) is 11.3 Å². The Morgan fingerprint density at radius 2 is 1.51 bits per heavy atom. The zero-order valence-corrected chi connectivity index (χ0v) is 27.7. The standard InChI is InChI=1S/C34H32N4O6S3/c35-47(43,44)30-11-5-4-10-27(30)21-36-32(39)31(46(41,42)22-23-8-2-1-3-9-23)33-37-28-17-16-26(20-29(28)45-33)24-12-14-25(15-13-24)34(40)38-18-6-7-19-38/h1-5,8-17,20,31H,6-7,18-19,21-22H2,(H,36,39)(H2,35,43,44). The van der Waals surface area contributed by atoms with Gasteiger partial charge in [-0.1, -0.05) is 66.7 Å². The Morgan fingerprint density at radius 1 is 0.851 bits per heavy atom. The zero-order chi connectivity index (χ0) is 33.2. The van der Waals surface area contributed by atoms with E-state index in [1.807, 2.05) is 41.3 Å². The third-order valence-corrected chi connectivity index (χ3v) is 12.2. The molecule has 13 heteroatoms. The van der Waals surface area contributed by atoms with Gasteiger partial charge in [0.25, 0.3) is 5.91 Å². The highest BCUT2D eigenvalue weighted by Crippen LogP contribution is 2.35. The van der Waals surface area contributed by atoms with Gasteiger partial charge < -0.3 is 10.2 Å². The topological polar surface area (TPSA) is 157 Å². The molecule has 6 rings (SSSR count). The van der Waals surface area contributed by atoms with Crippen molar-refractivity contribution in [3.8, 4) is 11.1 Å². The Morgan fingerprint density at radius 3 is 2.21 bits per heavy atom. The first kappa shape index (κ1) is 32.5. The number of amides is 2. The molecule has 2 heterocycles. The van der Waals surface area contributed by atoms with Gasteiger partial charge in [-0.05, 0) is 65.4 Å². The summed E-state index contributed by atoms with van der Waals surface area (Å²) < 4.78 is 52.6. The van der Waals surface area contributed by atoms with Gasteiger partial charge in [-0.3, -0.25) is 9.59 Å². The van der Waals surface area contributed by atoms with Crippen molar-refractivity contribution in [3.63, 3.8) is 0 Å². The molecule has 0 aliphatic carbocycles. The maximum atomic E-state index is 13.9. The SMILES string of the molecule is NS(=O)(=O)c1ccccc1CNC(=O)C(c1nc2ccc(-c3ccc(C(=O)N4CCCC4)cc3)cc2s1)S(=O)(=O)Cc1ccccc1. The average molecular weight is 689 g/mol. The summed E-state index contributed by atoms with van der Waals surface area (Å²) in [4.78, 5) is 32.8. The van der Waals surface area contributed by atoms with Crippen LogP contribution in [-0.4, -0.2) is 51.6 Å². The number of carbonyl (C=O) groups is 2. The second-order valence-electron chi connectivity index (χ2n) is 11.4. The van der Waals surface area contributed by atoms with Gasteiger partial charge in [0.2, 0.25) is 15.9 Å². The van der Waals surface area contributed by atoms with Crippen LogP contribution in [0.15, 0.2) is 102 Å². The van der Waals surface area contributed by atoms with E-state index in [1.54, 1.807) is 42.5 Å². The van der Waals surface area contributed by atoms with Crippen molar-refractivity contribution in [1.82, 2.24) is 15.2 Å². The van der Waals surface area contributed by atoms with E-state index in [0.717, 1.165) is 48.4 Å². The number of benzene rings is 4. The van der Waals surface area contributed by atoms with E-state index in [0.29, 0.717) is 21.3 Å². The number of nitrogens with one attached hydrogen (secondary N) is 1. The normalized spacial score (nSPS) is 14.3. The lowest BCUT2D eigenvalue weighted by Gasteiger charge is -2.16. The quantitative estimate of drug-likeness (QED) is 0.213. The van der Waals surface area contributed by atoms with Crippen LogP contribution in [0.1, 0.15) is 44.6 Å². The first-order valence-electron chi connectivity index (χ1n) is 14.9. The van der Waals surface area contributed by atoms with Crippen LogP contribution < -0.4 is 10.5 Å². The average Bonchev–Trinajstić information content (AvgIpc) is 3.74. The first-order chi connectivity index (χ1) is 22.5. The van der Waals surface area contributed by atoms with Crippen molar-refractivity contribution in [2.24, 2.45) is 5.14 Å². The number of likely N-dealkylation sites (tertiary alicyclic amines) is 1. The van der Waals surface area contributed by atoms with Crippen LogP contribution in [0.4, 0.5) is 0 Å². The van der Waals surface area contributed by atoms with E-state index in [2.05, 4.69) is 10.3 Å². The third kappa shape index (κ3) is 7.28. The molecule has 1 aromatic heterocycles. The molecule has 0 bridgehead atoms. The molecule has 4 aromatic carbocycles. The number of aromatic nitrogens is 1. The molecule has 1 aliphatic heterocycles. The molecule has 1 saturated heterocycles. The number of nitrogens with zero attached hydrogens (tertiary/aromatic N) is 2. The fourth-order valence-electron chi connectivity index (χ4n) is 5.66. The number of rotatable bonds is 10. The molecular formula is C34H32N4O6S3. The minimum Gasteiger partial charge on any atom is -0.350 e. The van der Waals surface area contributed by atoms with Crippen LogP contribution in [0.3, 0.4) is 0 Å². The summed E-state index contributed by atoms with van der Waals surface area (Å²) in [6, 6.07) is 27.4. The molecule has 1 aliphatic rings. The highest BCUT2D eigenvalue weighted by Gasteiger charge is 2.37. The zero-order valence-electron chi connectivity index (χ0n) is 25.2. The van der Waals surface area contributed by atoms with E-state index >= 15 is 0 Å². The summed E-state index contributed by atoms with van der Waals surface area (Å²) in [6.07, 6.45) is 2.03. The molecule has 10 nitrogen and oxygen atoms in total. The number of primary sulfonamides is 1. The van der Waals surface area contributed by atoms with Gasteiger partial charge in [-0.25, -0.2) is 27.0 Å². The summed E-state index contributed by atoms with van der Waals surface area (Å²) in [5, 5.41) is 6.41. The van der Waals surface area contributed by atoms with E-state index in [1.165, 1.54) is 18.2 Å². The maximum Gasteiger partial charge on any atom is 0.253 e. The Balaban J connectivity index is 1.31. The minimum atomic E-state index is -4.14. The number of carbonyl (C=O) groups excluding carboxylic acids is 2. The Kier molecular flexibility index (Phi) is 9.24. The largest absolute Gasteiger partial charge is 0.350 e. The number of sulfonamides is 1. The van der Waals surface area contributed by atoms with Gasteiger partial charge >= 0.3 is 0 Å². The van der Waals surface area contributed by atoms with Crippen molar-refractivity contribution < 1.29 is 26.4 Å². The van der Waals surface area contributed by atoms with E-state index in [-0.39, 0.29) is 27.9 Å². The monoisotopic (exact) mass is 688 g/mol. The molecule has 0 spiro atoms. The maximum absolute atomic E-state index is 13.9. The molecule has 0 radical (unpaired) electrons. The van der Waals surface area contributed by atoms with Crippen molar-refractivity contribution in [2.45, 2.75) is 35.3 Å². The lowest BCUT2D eigenvalue weighted by Crippen LogP contribution is -2.34. The molecule has 47 heavy (non-hydrogen) atoms. The van der Waals surface area contributed by atoms with Gasteiger partial charge in [0.05, 0.1) is 20.9 Å². The predicted octanol–water partition coefficient (Wildman–Crippen LogP) is 4.82. The van der Waals surface area contributed by atoms with Crippen LogP contribution in [0, 0.1) is 0 Å². The van der Waals surface area contributed by atoms with Crippen LogP contribution in [0.5, 0.6) is 0 Å². The van der Waals surface area contributed by atoms with Crippen LogP contribution in [-0.2, 0) is 37.0 Å². The van der Waals surface area contributed by atoms with Crippen LogP contribution in [0.2, 0.25) is 0 Å². The summed E-state index contributed by atoms with van der Waals surface area (Å²) in [6.45, 7) is 1.29. The van der Waals surface area contributed by atoms with Crippen LogP contribution >= 0.6 is 11.3 Å². The molecule has 5 aromatic rings. The molecule has 1 unspecified atom stereocenters.